The molecule has 30 heavy (non-hydrogen) atoms. The summed E-state index contributed by atoms with van der Waals surface area (Å²) < 4.78 is 10.3. The van der Waals surface area contributed by atoms with Crippen LogP contribution >= 0.6 is 0 Å². The third-order valence-corrected chi connectivity index (χ3v) is 5.29. The van der Waals surface area contributed by atoms with Crippen LogP contribution in [0.5, 0.6) is 0 Å². The predicted molar refractivity (Wildman–Crippen MR) is 106 cm³/mol. The minimum atomic E-state index is -0.793. The van der Waals surface area contributed by atoms with Crippen molar-refractivity contribution in [2.45, 2.75) is 51.4 Å². The van der Waals surface area contributed by atoms with Crippen LogP contribution in [0, 0.1) is 11.8 Å². The number of hydrogen-bond acceptors (Lipinski definition) is 6. The summed E-state index contributed by atoms with van der Waals surface area (Å²) in [6, 6.07) is 6.35. The first-order valence-corrected chi connectivity index (χ1v) is 10.3. The van der Waals surface area contributed by atoms with Crippen LogP contribution in [0.15, 0.2) is 24.3 Å². The molecule has 8 heteroatoms. The van der Waals surface area contributed by atoms with Crippen LogP contribution in [0.3, 0.4) is 0 Å². The van der Waals surface area contributed by atoms with Crippen molar-refractivity contribution in [1.29, 1.82) is 0 Å². The van der Waals surface area contributed by atoms with Gasteiger partial charge in [-0.1, -0.05) is 0 Å². The van der Waals surface area contributed by atoms with Gasteiger partial charge in [0.1, 0.15) is 0 Å². The fourth-order valence-electron chi connectivity index (χ4n) is 3.38. The number of benzene rings is 1. The lowest BCUT2D eigenvalue weighted by Gasteiger charge is -2.22. The van der Waals surface area contributed by atoms with Crippen molar-refractivity contribution in [1.82, 2.24) is 0 Å². The lowest BCUT2D eigenvalue weighted by atomic mass is 9.82. The van der Waals surface area contributed by atoms with Gasteiger partial charge in [0.25, 0.3) is 0 Å². The number of aliphatic carboxylic acids is 2. The van der Waals surface area contributed by atoms with Crippen molar-refractivity contribution in [3.05, 3.63) is 35.4 Å². The number of fused-ring (bicyclic) bond motifs is 11. The Morgan fingerprint density at radius 2 is 1.00 bits per heavy atom. The van der Waals surface area contributed by atoms with E-state index in [4.69, 9.17) is 19.7 Å². The average molecular weight is 420 g/mol. The Morgan fingerprint density at radius 3 is 1.30 bits per heavy atom. The lowest BCUT2D eigenvalue weighted by molar-refractivity contribution is -0.148. The number of ether oxygens (including phenoxy) is 2. The molecule has 1 fully saturated rings. The molecule has 1 saturated carbocycles. The SMILES string of the molecule is O=C(O)C1CCC(C(=O)O)CC1.O=C1OCCCCCCOC(=O)c2ccc1cc2. The zero-order chi connectivity index (χ0) is 21.9. The van der Waals surface area contributed by atoms with Gasteiger partial charge in [0, 0.05) is 0 Å². The monoisotopic (exact) mass is 420 g/mol. The molecule has 1 aromatic carbocycles. The summed E-state index contributed by atoms with van der Waals surface area (Å²) in [5.74, 6) is -2.90. The second kappa shape index (κ2) is 11.9. The number of hydrogen-bond donors (Lipinski definition) is 2. The molecular formula is C22H28O8. The van der Waals surface area contributed by atoms with E-state index in [-0.39, 0.29) is 23.8 Å². The van der Waals surface area contributed by atoms with Gasteiger partial charge < -0.3 is 19.7 Å². The van der Waals surface area contributed by atoms with E-state index in [1.54, 1.807) is 24.3 Å². The standard InChI is InChI=1S/C14H16O4.C8H12O4/c15-13-11-5-7-12(8-6-11)14(16)18-10-4-2-1-3-9-17-13;9-7(10)5-1-2-6(4-3-5)8(11)12/h5-8H,1-4,9-10H2;5-6H,1-4H2,(H,9,10)(H,11,12). The second-order valence-electron chi connectivity index (χ2n) is 7.49. The maximum Gasteiger partial charge on any atom is 0.338 e. The zero-order valence-electron chi connectivity index (χ0n) is 16.9. The highest BCUT2D eigenvalue weighted by atomic mass is 16.5. The van der Waals surface area contributed by atoms with Crippen molar-refractivity contribution >= 4 is 23.9 Å². The van der Waals surface area contributed by atoms with Gasteiger partial charge in [-0.2, -0.15) is 0 Å². The highest BCUT2D eigenvalue weighted by Gasteiger charge is 2.29. The van der Waals surface area contributed by atoms with Gasteiger partial charge in [-0.05, 0) is 75.6 Å². The molecule has 8 nitrogen and oxygen atoms in total. The molecule has 2 heterocycles. The minimum Gasteiger partial charge on any atom is -0.481 e. The Balaban J connectivity index is 0.000000232. The third kappa shape index (κ3) is 7.50. The molecule has 1 aromatic rings. The van der Waals surface area contributed by atoms with Crippen LogP contribution in [-0.2, 0) is 19.1 Å². The number of carbonyl (C=O) groups is 4. The fourth-order valence-corrected chi connectivity index (χ4v) is 3.38. The van der Waals surface area contributed by atoms with E-state index in [9.17, 15) is 19.2 Å². The molecule has 2 bridgehead atoms. The van der Waals surface area contributed by atoms with Gasteiger partial charge >= 0.3 is 23.9 Å². The Morgan fingerprint density at radius 1 is 0.667 bits per heavy atom. The number of carboxylic acid groups (broad SMARTS) is 2. The summed E-state index contributed by atoms with van der Waals surface area (Å²) in [6.45, 7) is 0.890. The first kappa shape index (κ1) is 23.4. The molecule has 164 valence electrons. The highest BCUT2D eigenvalue weighted by Crippen LogP contribution is 2.28. The quantitative estimate of drug-likeness (QED) is 0.696. The molecule has 3 aliphatic rings. The molecule has 0 saturated heterocycles. The summed E-state index contributed by atoms with van der Waals surface area (Å²) in [5, 5.41) is 17.2. The van der Waals surface area contributed by atoms with Crippen molar-refractivity contribution in [3.63, 3.8) is 0 Å². The van der Waals surface area contributed by atoms with Crippen LogP contribution in [-0.4, -0.2) is 47.3 Å². The van der Waals surface area contributed by atoms with Gasteiger partial charge in [0.05, 0.1) is 36.2 Å². The molecule has 0 amide bonds. The van der Waals surface area contributed by atoms with E-state index in [1.165, 1.54) is 0 Å². The lowest BCUT2D eigenvalue weighted by Crippen LogP contribution is -2.25. The van der Waals surface area contributed by atoms with Crippen LogP contribution in [0.4, 0.5) is 0 Å². The first-order chi connectivity index (χ1) is 14.4. The number of rotatable bonds is 2. The van der Waals surface area contributed by atoms with E-state index >= 15 is 0 Å². The molecule has 2 aliphatic heterocycles. The summed E-state index contributed by atoms with van der Waals surface area (Å²) in [5.41, 5.74) is 0.923. The number of carboxylic acids is 2. The largest absolute Gasteiger partial charge is 0.481 e. The summed E-state index contributed by atoms with van der Waals surface area (Å²) >= 11 is 0. The van der Waals surface area contributed by atoms with Gasteiger partial charge in [0.15, 0.2) is 0 Å². The Bertz CT molecular complexity index is 669. The van der Waals surface area contributed by atoms with Crippen LogP contribution in [0.25, 0.3) is 0 Å². The number of carbonyl (C=O) groups excluding carboxylic acids is 2. The van der Waals surface area contributed by atoms with E-state index < -0.39 is 11.9 Å². The Hall–Kier alpha value is -2.90. The first-order valence-electron chi connectivity index (χ1n) is 10.3. The van der Waals surface area contributed by atoms with E-state index in [0.717, 1.165) is 25.7 Å². The average Bonchev–Trinajstić information content (AvgIpc) is 2.75. The van der Waals surface area contributed by atoms with E-state index in [0.29, 0.717) is 50.0 Å². The van der Waals surface area contributed by atoms with Gasteiger partial charge in [-0.3, -0.25) is 9.59 Å². The maximum atomic E-state index is 11.6. The van der Waals surface area contributed by atoms with Crippen molar-refractivity contribution < 1.29 is 38.9 Å². The number of esters is 2. The highest BCUT2D eigenvalue weighted by molar-refractivity contribution is 5.93. The molecular weight excluding hydrogens is 392 g/mol. The van der Waals surface area contributed by atoms with Crippen LogP contribution in [0.2, 0.25) is 0 Å². The minimum absolute atomic E-state index is 0.319. The molecule has 0 radical (unpaired) electrons. The molecule has 0 atom stereocenters. The normalized spacial score (nSPS) is 22.5. The van der Waals surface area contributed by atoms with E-state index in [2.05, 4.69) is 0 Å². The fraction of sp³-hybridized carbons (Fsp3) is 0.545. The maximum absolute atomic E-state index is 11.6. The van der Waals surface area contributed by atoms with Crippen molar-refractivity contribution in [3.8, 4) is 0 Å². The van der Waals surface area contributed by atoms with Crippen molar-refractivity contribution in [2.24, 2.45) is 11.8 Å². The second-order valence-corrected chi connectivity index (χ2v) is 7.49. The topological polar surface area (TPSA) is 127 Å². The van der Waals surface area contributed by atoms with Crippen molar-refractivity contribution in [2.75, 3.05) is 13.2 Å². The molecule has 0 aromatic heterocycles. The molecule has 4 rings (SSSR count). The molecule has 0 spiro atoms. The third-order valence-electron chi connectivity index (χ3n) is 5.29. The Labute approximate surface area is 175 Å². The molecule has 0 unspecified atom stereocenters. The predicted octanol–water partition coefficient (Wildman–Crippen LogP) is 3.54. The van der Waals surface area contributed by atoms with Gasteiger partial charge in [-0.15, -0.1) is 0 Å². The molecule has 1 aliphatic carbocycles. The molecule has 2 N–H and O–H groups in total. The van der Waals surface area contributed by atoms with E-state index in [1.807, 2.05) is 0 Å². The smallest absolute Gasteiger partial charge is 0.338 e. The van der Waals surface area contributed by atoms with Crippen LogP contribution in [0.1, 0.15) is 72.1 Å². The zero-order valence-corrected chi connectivity index (χ0v) is 16.9. The summed E-state index contributed by atoms with van der Waals surface area (Å²) in [6.07, 6.45) is 5.66. The van der Waals surface area contributed by atoms with Crippen LogP contribution < -0.4 is 0 Å². The summed E-state index contributed by atoms with van der Waals surface area (Å²) in [7, 11) is 0. The summed E-state index contributed by atoms with van der Waals surface area (Å²) in [4.78, 5) is 44.2. The van der Waals surface area contributed by atoms with Gasteiger partial charge in [-0.25, -0.2) is 9.59 Å². The Kier molecular flexibility index (Phi) is 9.31. The van der Waals surface area contributed by atoms with Gasteiger partial charge in [0.2, 0.25) is 0 Å².